The number of rotatable bonds is 3. The van der Waals surface area contributed by atoms with Gasteiger partial charge in [0.15, 0.2) is 0 Å². The minimum atomic E-state index is 0.111. The summed E-state index contributed by atoms with van der Waals surface area (Å²) in [5, 5.41) is 0. The van der Waals surface area contributed by atoms with E-state index >= 15 is 0 Å². The Morgan fingerprint density at radius 3 is 2.29 bits per heavy atom. The van der Waals surface area contributed by atoms with E-state index in [1.807, 2.05) is 25.1 Å². The number of aryl methyl sites for hydroxylation is 1. The van der Waals surface area contributed by atoms with Crippen molar-refractivity contribution in [2.45, 2.75) is 19.1 Å². The Labute approximate surface area is 102 Å². The Morgan fingerprint density at radius 1 is 1.18 bits per heavy atom. The molecule has 1 aromatic carbocycles. The van der Waals surface area contributed by atoms with Crippen LogP contribution in [0.15, 0.2) is 18.2 Å². The summed E-state index contributed by atoms with van der Waals surface area (Å²) in [5.74, 6) is 0. The van der Waals surface area contributed by atoms with Gasteiger partial charge >= 0.3 is 0 Å². The molecule has 0 bridgehead atoms. The first-order valence-electron chi connectivity index (χ1n) is 5.83. The van der Waals surface area contributed by atoms with Crippen LogP contribution in [0.1, 0.15) is 5.56 Å². The summed E-state index contributed by atoms with van der Waals surface area (Å²) in [5.41, 5.74) is 9.14. The molecule has 2 N–H and O–H groups in total. The molecule has 0 spiro atoms. The highest BCUT2D eigenvalue weighted by atomic mass is 16.5. The van der Waals surface area contributed by atoms with E-state index in [0.717, 1.165) is 30.0 Å². The second kappa shape index (κ2) is 4.94. The largest absolute Gasteiger partial charge is 0.397 e. The van der Waals surface area contributed by atoms with E-state index in [-0.39, 0.29) is 12.2 Å². The molecule has 1 aliphatic rings. The number of hydrogen-bond acceptors (Lipinski definition) is 4. The second-order valence-electron chi connectivity index (χ2n) is 4.46. The van der Waals surface area contributed by atoms with E-state index in [1.54, 1.807) is 14.2 Å². The van der Waals surface area contributed by atoms with Crippen LogP contribution in [0.4, 0.5) is 11.4 Å². The number of anilines is 2. The normalized spacial score (nSPS) is 24.3. The average molecular weight is 236 g/mol. The molecular weight excluding hydrogens is 216 g/mol. The molecule has 0 aliphatic carbocycles. The van der Waals surface area contributed by atoms with Crippen molar-refractivity contribution in [1.29, 1.82) is 0 Å². The van der Waals surface area contributed by atoms with Gasteiger partial charge in [0.1, 0.15) is 12.2 Å². The number of benzene rings is 1. The van der Waals surface area contributed by atoms with Crippen molar-refractivity contribution in [2.75, 3.05) is 37.9 Å². The molecule has 17 heavy (non-hydrogen) atoms. The highest BCUT2D eigenvalue weighted by Gasteiger charge is 2.33. The van der Waals surface area contributed by atoms with Crippen LogP contribution in [0.3, 0.4) is 0 Å². The molecule has 2 unspecified atom stereocenters. The molecule has 0 aromatic heterocycles. The van der Waals surface area contributed by atoms with Gasteiger partial charge in [0.05, 0.1) is 11.4 Å². The van der Waals surface area contributed by atoms with Crippen LogP contribution in [-0.4, -0.2) is 39.5 Å². The second-order valence-corrected chi connectivity index (χ2v) is 4.46. The summed E-state index contributed by atoms with van der Waals surface area (Å²) >= 11 is 0. The van der Waals surface area contributed by atoms with Crippen molar-refractivity contribution in [2.24, 2.45) is 0 Å². The molecule has 0 radical (unpaired) electrons. The Bertz CT molecular complexity index is 383. The van der Waals surface area contributed by atoms with Gasteiger partial charge in [-0.25, -0.2) is 0 Å². The quantitative estimate of drug-likeness (QED) is 0.806. The Morgan fingerprint density at radius 2 is 1.76 bits per heavy atom. The minimum absolute atomic E-state index is 0.111. The molecule has 4 heteroatoms. The summed E-state index contributed by atoms with van der Waals surface area (Å²) in [7, 11) is 3.44. The molecule has 1 fully saturated rings. The van der Waals surface area contributed by atoms with E-state index in [4.69, 9.17) is 15.2 Å². The molecule has 1 aromatic rings. The number of ether oxygens (including phenoxy) is 2. The third kappa shape index (κ3) is 2.23. The maximum Gasteiger partial charge on any atom is 0.102 e. The summed E-state index contributed by atoms with van der Waals surface area (Å²) in [6.45, 7) is 3.67. The van der Waals surface area contributed by atoms with Crippen molar-refractivity contribution in [3.8, 4) is 0 Å². The van der Waals surface area contributed by atoms with Crippen LogP contribution in [0, 0.1) is 6.92 Å². The standard InChI is InChI=1S/C13H20N2O2/c1-9-5-4-6-10(13(9)14)15-7-11(16-2)12(8-15)17-3/h4-6,11-12H,7-8,14H2,1-3H3. The van der Waals surface area contributed by atoms with Gasteiger partial charge in [0.25, 0.3) is 0 Å². The molecule has 0 saturated carbocycles. The number of hydrogen-bond donors (Lipinski definition) is 1. The van der Waals surface area contributed by atoms with Crippen molar-refractivity contribution in [1.82, 2.24) is 0 Å². The predicted octanol–water partition coefficient (Wildman–Crippen LogP) is 1.43. The fourth-order valence-corrected chi connectivity index (χ4v) is 2.33. The van der Waals surface area contributed by atoms with E-state index < -0.39 is 0 Å². The zero-order chi connectivity index (χ0) is 12.4. The van der Waals surface area contributed by atoms with Crippen molar-refractivity contribution in [3.63, 3.8) is 0 Å². The lowest BCUT2D eigenvalue weighted by molar-refractivity contribution is -0.00461. The van der Waals surface area contributed by atoms with Crippen LogP contribution < -0.4 is 10.6 Å². The monoisotopic (exact) mass is 236 g/mol. The van der Waals surface area contributed by atoms with E-state index in [2.05, 4.69) is 4.90 Å². The summed E-state index contributed by atoms with van der Waals surface area (Å²) in [4.78, 5) is 2.23. The van der Waals surface area contributed by atoms with Gasteiger partial charge in [0, 0.05) is 27.3 Å². The Balaban J connectivity index is 2.22. The maximum absolute atomic E-state index is 6.11. The fourth-order valence-electron chi connectivity index (χ4n) is 2.33. The molecule has 1 aliphatic heterocycles. The van der Waals surface area contributed by atoms with Gasteiger partial charge in [-0.3, -0.25) is 0 Å². The number of methoxy groups -OCH3 is 2. The van der Waals surface area contributed by atoms with Crippen LogP contribution >= 0.6 is 0 Å². The molecule has 2 rings (SSSR count). The zero-order valence-corrected chi connectivity index (χ0v) is 10.6. The van der Waals surface area contributed by atoms with Crippen molar-refractivity contribution < 1.29 is 9.47 Å². The third-order valence-electron chi connectivity index (χ3n) is 3.46. The first-order valence-corrected chi connectivity index (χ1v) is 5.83. The number of para-hydroxylation sites is 1. The molecule has 0 amide bonds. The first kappa shape index (κ1) is 12.2. The lowest BCUT2D eigenvalue weighted by Crippen LogP contribution is -2.27. The smallest absolute Gasteiger partial charge is 0.102 e. The highest BCUT2D eigenvalue weighted by molar-refractivity contribution is 5.71. The van der Waals surface area contributed by atoms with E-state index in [0.29, 0.717) is 0 Å². The minimum Gasteiger partial charge on any atom is -0.397 e. The van der Waals surface area contributed by atoms with Crippen molar-refractivity contribution >= 4 is 11.4 Å². The lowest BCUT2D eigenvalue weighted by atomic mass is 10.1. The van der Waals surface area contributed by atoms with Crippen LogP contribution in [0.2, 0.25) is 0 Å². The van der Waals surface area contributed by atoms with Gasteiger partial charge in [-0.2, -0.15) is 0 Å². The molecule has 94 valence electrons. The maximum atomic E-state index is 6.11. The number of nitrogens with two attached hydrogens (primary N) is 1. The lowest BCUT2D eigenvalue weighted by Gasteiger charge is -2.21. The molecule has 1 heterocycles. The van der Waals surface area contributed by atoms with Gasteiger partial charge < -0.3 is 20.1 Å². The van der Waals surface area contributed by atoms with E-state index in [9.17, 15) is 0 Å². The number of nitrogens with zero attached hydrogens (tertiary/aromatic N) is 1. The van der Waals surface area contributed by atoms with Gasteiger partial charge in [0.2, 0.25) is 0 Å². The zero-order valence-electron chi connectivity index (χ0n) is 10.6. The summed E-state index contributed by atoms with van der Waals surface area (Å²) in [6.07, 6.45) is 0.222. The molecule has 2 atom stereocenters. The molecule has 1 saturated heterocycles. The Kier molecular flexibility index (Phi) is 3.54. The SMILES string of the molecule is COC1CN(c2cccc(C)c2N)CC1OC. The molecule has 4 nitrogen and oxygen atoms in total. The first-order chi connectivity index (χ1) is 8.17. The number of nitrogen functional groups attached to an aromatic ring is 1. The fraction of sp³-hybridized carbons (Fsp3) is 0.538. The Hall–Kier alpha value is -1.26. The highest BCUT2D eigenvalue weighted by Crippen LogP contribution is 2.30. The predicted molar refractivity (Wildman–Crippen MR) is 69.4 cm³/mol. The third-order valence-corrected chi connectivity index (χ3v) is 3.46. The van der Waals surface area contributed by atoms with Crippen LogP contribution in [0.5, 0.6) is 0 Å². The summed E-state index contributed by atoms with van der Waals surface area (Å²) < 4.78 is 10.9. The van der Waals surface area contributed by atoms with Gasteiger partial charge in [-0.05, 0) is 18.6 Å². The van der Waals surface area contributed by atoms with Crippen LogP contribution in [0.25, 0.3) is 0 Å². The van der Waals surface area contributed by atoms with Crippen molar-refractivity contribution in [3.05, 3.63) is 23.8 Å². The topological polar surface area (TPSA) is 47.7 Å². The van der Waals surface area contributed by atoms with Gasteiger partial charge in [-0.1, -0.05) is 12.1 Å². The van der Waals surface area contributed by atoms with E-state index in [1.165, 1.54) is 0 Å². The molecular formula is C13H20N2O2. The average Bonchev–Trinajstić information content (AvgIpc) is 2.75. The van der Waals surface area contributed by atoms with Gasteiger partial charge in [-0.15, -0.1) is 0 Å². The summed E-state index contributed by atoms with van der Waals surface area (Å²) in [6, 6.07) is 6.10. The van der Waals surface area contributed by atoms with Crippen LogP contribution in [-0.2, 0) is 9.47 Å².